The highest BCUT2D eigenvalue weighted by Crippen LogP contribution is 2.30. The molecule has 0 saturated carbocycles. The van der Waals surface area contributed by atoms with Gasteiger partial charge >= 0.3 is 0 Å². The predicted molar refractivity (Wildman–Crippen MR) is 81.7 cm³/mol. The van der Waals surface area contributed by atoms with Crippen molar-refractivity contribution in [3.63, 3.8) is 0 Å². The summed E-state index contributed by atoms with van der Waals surface area (Å²) in [4.78, 5) is 11.8. The average molecular weight is 322 g/mol. The van der Waals surface area contributed by atoms with Crippen LogP contribution in [-0.4, -0.2) is 5.78 Å². The molecular weight excluding hydrogens is 305 g/mol. The van der Waals surface area contributed by atoms with Crippen molar-refractivity contribution >= 4 is 5.78 Å². The van der Waals surface area contributed by atoms with Crippen molar-refractivity contribution in [2.75, 3.05) is 0 Å². The number of rotatable bonds is 5. The Morgan fingerprint density at radius 3 is 2.17 bits per heavy atom. The molecule has 5 heteroatoms. The largest absolute Gasteiger partial charge is 0.454 e. The third-order valence-corrected chi connectivity index (χ3v) is 3.33. The molecule has 0 fully saturated rings. The first-order valence-corrected chi connectivity index (χ1v) is 7.18. The Kier molecular flexibility index (Phi) is 4.78. The van der Waals surface area contributed by atoms with E-state index >= 15 is 0 Å². The minimum atomic E-state index is -2.94. The van der Waals surface area contributed by atoms with E-state index in [4.69, 9.17) is 4.74 Å². The smallest absolute Gasteiger partial charge is 0.270 e. The van der Waals surface area contributed by atoms with E-state index in [0.29, 0.717) is 0 Å². The van der Waals surface area contributed by atoms with Crippen molar-refractivity contribution in [3.8, 4) is 11.5 Å². The minimum absolute atomic E-state index is 0.0682. The molecule has 0 radical (unpaired) electrons. The Hall–Kier alpha value is -2.30. The van der Waals surface area contributed by atoms with Gasteiger partial charge in [0.15, 0.2) is 17.3 Å². The molecule has 0 aliphatic carbocycles. The van der Waals surface area contributed by atoms with Crippen molar-refractivity contribution in [2.45, 2.75) is 26.7 Å². The van der Waals surface area contributed by atoms with Crippen LogP contribution in [0.2, 0.25) is 0 Å². The van der Waals surface area contributed by atoms with Crippen molar-refractivity contribution < 1.29 is 22.7 Å². The molecule has 2 aromatic carbocycles. The number of alkyl halides is 2. The number of hydrogen-bond donors (Lipinski definition) is 0. The van der Waals surface area contributed by atoms with Crippen molar-refractivity contribution in [1.29, 1.82) is 0 Å². The first-order valence-electron chi connectivity index (χ1n) is 7.18. The highest BCUT2D eigenvalue weighted by molar-refractivity contribution is 5.97. The Bertz CT molecular complexity index is 701. The molecule has 23 heavy (non-hydrogen) atoms. The van der Waals surface area contributed by atoms with E-state index in [2.05, 4.69) is 0 Å². The lowest BCUT2D eigenvalue weighted by Crippen LogP contribution is -2.08. The standard InChI is InChI=1S/C18H17F3O2/c1-11(2)17(22)12-4-9-16(15(19)10-12)23-14-7-5-13(6-8-14)18(3,20)21/h4-11H,1-3H3. The summed E-state index contributed by atoms with van der Waals surface area (Å²) >= 11 is 0. The van der Waals surface area contributed by atoms with Crippen molar-refractivity contribution in [1.82, 2.24) is 0 Å². The Morgan fingerprint density at radius 1 is 1.09 bits per heavy atom. The lowest BCUT2D eigenvalue weighted by Gasteiger charge is -2.12. The zero-order valence-electron chi connectivity index (χ0n) is 13.1. The molecule has 0 heterocycles. The molecule has 0 N–H and O–H groups in total. The van der Waals surface area contributed by atoms with Crippen LogP contribution in [0.5, 0.6) is 11.5 Å². The average Bonchev–Trinajstić information content (AvgIpc) is 2.48. The van der Waals surface area contributed by atoms with Crippen LogP contribution >= 0.6 is 0 Å². The molecule has 0 atom stereocenters. The summed E-state index contributed by atoms with van der Waals surface area (Å²) in [5, 5.41) is 0. The fourth-order valence-corrected chi connectivity index (χ4v) is 2.01. The van der Waals surface area contributed by atoms with E-state index < -0.39 is 11.7 Å². The molecule has 2 aromatic rings. The van der Waals surface area contributed by atoms with Gasteiger partial charge in [0.25, 0.3) is 5.92 Å². The molecule has 2 nitrogen and oxygen atoms in total. The van der Waals surface area contributed by atoms with Gasteiger partial charge in [-0.3, -0.25) is 4.79 Å². The number of hydrogen-bond acceptors (Lipinski definition) is 2. The molecule has 0 amide bonds. The van der Waals surface area contributed by atoms with Crippen LogP contribution < -0.4 is 4.74 Å². The molecular formula is C18H17F3O2. The summed E-state index contributed by atoms with van der Waals surface area (Å²) in [6, 6.07) is 9.10. The summed E-state index contributed by atoms with van der Waals surface area (Å²) in [6.45, 7) is 4.26. The van der Waals surface area contributed by atoms with E-state index in [9.17, 15) is 18.0 Å². The van der Waals surface area contributed by atoms with Crippen LogP contribution in [0.4, 0.5) is 13.2 Å². The summed E-state index contributed by atoms with van der Waals surface area (Å²) in [6.07, 6.45) is 0. The van der Waals surface area contributed by atoms with E-state index in [1.54, 1.807) is 13.8 Å². The molecule has 0 spiro atoms. The maximum absolute atomic E-state index is 14.0. The first-order chi connectivity index (χ1) is 10.7. The third-order valence-electron chi connectivity index (χ3n) is 3.33. The zero-order valence-corrected chi connectivity index (χ0v) is 13.1. The molecule has 0 unspecified atom stereocenters. The van der Waals surface area contributed by atoms with Crippen LogP contribution in [-0.2, 0) is 5.92 Å². The summed E-state index contributed by atoms with van der Waals surface area (Å²) < 4.78 is 45.6. The van der Waals surface area contributed by atoms with Crippen LogP contribution in [0.3, 0.4) is 0 Å². The summed E-state index contributed by atoms with van der Waals surface area (Å²) in [5.74, 6) is -3.85. The van der Waals surface area contributed by atoms with Crippen LogP contribution in [0.1, 0.15) is 36.7 Å². The molecule has 122 valence electrons. The number of ether oxygens (including phenoxy) is 1. The lowest BCUT2D eigenvalue weighted by atomic mass is 10.0. The van der Waals surface area contributed by atoms with Gasteiger partial charge in [0.2, 0.25) is 0 Å². The number of carbonyl (C=O) groups is 1. The molecule has 0 bridgehead atoms. The van der Waals surface area contributed by atoms with Gasteiger partial charge in [-0.25, -0.2) is 13.2 Å². The second-order valence-electron chi connectivity index (χ2n) is 5.68. The number of benzene rings is 2. The molecule has 0 aliphatic heterocycles. The maximum Gasteiger partial charge on any atom is 0.270 e. The van der Waals surface area contributed by atoms with Gasteiger partial charge in [-0.05, 0) is 42.5 Å². The number of carbonyl (C=O) groups excluding carboxylic acids is 1. The van der Waals surface area contributed by atoms with Gasteiger partial charge < -0.3 is 4.74 Å². The quantitative estimate of drug-likeness (QED) is 0.673. The fraction of sp³-hybridized carbons (Fsp3) is 0.278. The molecule has 0 aromatic heterocycles. The molecule has 0 aliphatic rings. The number of ketones is 1. The monoisotopic (exact) mass is 322 g/mol. The minimum Gasteiger partial charge on any atom is -0.454 e. The predicted octanol–water partition coefficient (Wildman–Crippen LogP) is 5.57. The van der Waals surface area contributed by atoms with E-state index in [1.807, 2.05) is 0 Å². The maximum atomic E-state index is 14.0. The van der Waals surface area contributed by atoms with Crippen molar-refractivity contribution in [2.24, 2.45) is 5.92 Å². The van der Waals surface area contributed by atoms with Crippen LogP contribution in [0.15, 0.2) is 42.5 Å². The third kappa shape index (κ3) is 4.12. The van der Waals surface area contributed by atoms with Gasteiger partial charge in [-0.15, -0.1) is 0 Å². The zero-order chi connectivity index (χ0) is 17.2. The first kappa shape index (κ1) is 17.1. The fourth-order valence-electron chi connectivity index (χ4n) is 2.01. The SMILES string of the molecule is CC(C)C(=O)c1ccc(Oc2ccc(C(C)(F)F)cc2)c(F)c1. The van der Waals surface area contributed by atoms with Gasteiger partial charge in [0.05, 0.1) is 0 Å². The second-order valence-corrected chi connectivity index (χ2v) is 5.68. The number of Topliss-reactive ketones (excluding diaryl/α,β-unsaturated/α-hetero) is 1. The highest BCUT2D eigenvalue weighted by Gasteiger charge is 2.23. The van der Waals surface area contributed by atoms with Gasteiger partial charge in [0.1, 0.15) is 5.75 Å². The van der Waals surface area contributed by atoms with Crippen LogP contribution in [0.25, 0.3) is 0 Å². The number of halogens is 3. The summed E-state index contributed by atoms with van der Waals surface area (Å²) in [5.41, 5.74) is 0.119. The van der Waals surface area contributed by atoms with Gasteiger partial charge in [0, 0.05) is 24.0 Å². The van der Waals surface area contributed by atoms with Gasteiger partial charge in [-0.2, -0.15) is 0 Å². The Morgan fingerprint density at radius 2 is 1.70 bits per heavy atom. The molecule has 2 rings (SSSR count). The Balaban J connectivity index is 2.19. The van der Waals surface area contributed by atoms with E-state index in [1.165, 1.54) is 36.4 Å². The van der Waals surface area contributed by atoms with Crippen LogP contribution in [0, 0.1) is 11.7 Å². The molecule has 0 saturated heterocycles. The van der Waals surface area contributed by atoms with Crippen molar-refractivity contribution in [3.05, 3.63) is 59.4 Å². The summed E-state index contributed by atoms with van der Waals surface area (Å²) in [7, 11) is 0. The van der Waals surface area contributed by atoms with E-state index in [-0.39, 0.29) is 34.3 Å². The van der Waals surface area contributed by atoms with Gasteiger partial charge in [-0.1, -0.05) is 13.8 Å². The topological polar surface area (TPSA) is 26.3 Å². The second kappa shape index (κ2) is 6.44. The lowest BCUT2D eigenvalue weighted by molar-refractivity contribution is 0.0174. The normalized spacial score (nSPS) is 11.6. The van der Waals surface area contributed by atoms with E-state index in [0.717, 1.165) is 13.0 Å². The Labute approximate surface area is 132 Å². The highest BCUT2D eigenvalue weighted by atomic mass is 19.3.